The number of nitriles is 1. The lowest BCUT2D eigenvalue weighted by Crippen LogP contribution is -2.09. The molecule has 5 heteroatoms. The second-order valence-corrected chi connectivity index (χ2v) is 4.64. The van der Waals surface area contributed by atoms with E-state index in [0.717, 1.165) is 17.1 Å². The van der Waals surface area contributed by atoms with Gasteiger partial charge in [0, 0.05) is 5.56 Å². The molecular formula is C15H14F2N2O. The fraction of sp³-hybridized carbons (Fsp3) is 0.267. The van der Waals surface area contributed by atoms with E-state index in [4.69, 9.17) is 9.68 Å². The molecule has 0 saturated heterocycles. The van der Waals surface area contributed by atoms with Crippen LogP contribution in [0.3, 0.4) is 0 Å². The summed E-state index contributed by atoms with van der Waals surface area (Å²) in [6, 6.07) is 5.82. The number of aryl methyl sites for hydroxylation is 2. The molecule has 1 aromatic carbocycles. The summed E-state index contributed by atoms with van der Waals surface area (Å²) < 4.78 is 32.8. The average molecular weight is 276 g/mol. The number of nitrogens with one attached hydrogen (secondary N) is 1. The summed E-state index contributed by atoms with van der Waals surface area (Å²) in [7, 11) is 0. The van der Waals surface area contributed by atoms with Crippen LogP contribution in [0, 0.1) is 36.8 Å². The van der Waals surface area contributed by atoms with Crippen molar-refractivity contribution in [1.29, 1.82) is 5.26 Å². The van der Waals surface area contributed by atoms with Crippen LogP contribution >= 0.6 is 0 Å². The molecule has 0 aliphatic heterocycles. The first-order valence-corrected chi connectivity index (χ1v) is 6.15. The van der Waals surface area contributed by atoms with Gasteiger partial charge in [-0.2, -0.15) is 5.26 Å². The standard InChI is InChI=1S/C15H14F2N2O/c1-8-6-12(10(3)20-8)9(2)19-13-5-4-11(7-18)14(16)15(13)17/h4-6,9,19H,1-3H3. The molecule has 0 aliphatic rings. The van der Waals surface area contributed by atoms with Gasteiger partial charge < -0.3 is 9.73 Å². The van der Waals surface area contributed by atoms with E-state index in [1.165, 1.54) is 12.1 Å². The third kappa shape index (κ3) is 2.50. The van der Waals surface area contributed by atoms with Gasteiger partial charge in [-0.3, -0.25) is 0 Å². The molecular weight excluding hydrogens is 262 g/mol. The molecule has 104 valence electrons. The van der Waals surface area contributed by atoms with Gasteiger partial charge in [0.1, 0.15) is 17.6 Å². The number of nitrogens with zero attached hydrogens (tertiary/aromatic N) is 1. The molecule has 2 aromatic rings. The van der Waals surface area contributed by atoms with E-state index in [2.05, 4.69) is 5.32 Å². The second-order valence-electron chi connectivity index (χ2n) is 4.64. The zero-order valence-corrected chi connectivity index (χ0v) is 11.4. The van der Waals surface area contributed by atoms with Crippen LogP contribution < -0.4 is 5.32 Å². The van der Waals surface area contributed by atoms with Crippen molar-refractivity contribution in [2.45, 2.75) is 26.8 Å². The Kier molecular flexibility index (Phi) is 3.75. The minimum atomic E-state index is -1.13. The molecule has 3 nitrogen and oxygen atoms in total. The number of anilines is 1. The van der Waals surface area contributed by atoms with Gasteiger partial charge in [0.25, 0.3) is 0 Å². The Morgan fingerprint density at radius 3 is 2.50 bits per heavy atom. The Labute approximate surface area is 115 Å². The molecule has 1 heterocycles. The molecule has 2 rings (SSSR count). The van der Waals surface area contributed by atoms with Gasteiger partial charge >= 0.3 is 0 Å². The summed E-state index contributed by atoms with van der Waals surface area (Å²) in [5.41, 5.74) is 0.593. The molecule has 1 unspecified atom stereocenters. The molecule has 0 saturated carbocycles. The number of hydrogen-bond acceptors (Lipinski definition) is 3. The van der Waals surface area contributed by atoms with Crippen molar-refractivity contribution in [3.8, 4) is 6.07 Å². The molecule has 0 radical (unpaired) electrons. The fourth-order valence-electron chi connectivity index (χ4n) is 2.14. The van der Waals surface area contributed by atoms with Gasteiger partial charge in [0.15, 0.2) is 11.6 Å². The minimum absolute atomic E-state index is 0.0206. The van der Waals surface area contributed by atoms with Crippen molar-refractivity contribution in [1.82, 2.24) is 0 Å². The number of halogens is 2. The summed E-state index contributed by atoms with van der Waals surface area (Å²) in [6.07, 6.45) is 0. The van der Waals surface area contributed by atoms with E-state index >= 15 is 0 Å². The molecule has 0 fully saturated rings. The first kappa shape index (κ1) is 14.1. The Bertz CT molecular complexity index is 686. The van der Waals surface area contributed by atoms with Crippen LogP contribution in [-0.4, -0.2) is 0 Å². The van der Waals surface area contributed by atoms with Crippen LogP contribution in [0.15, 0.2) is 22.6 Å². The Balaban J connectivity index is 2.29. The van der Waals surface area contributed by atoms with E-state index in [1.807, 2.05) is 26.8 Å². The largest absolute Gasteiger partial charge is 0.466 e. The first-order chi connectivity index (χ1) is 9.43. The van der Waals surface area contributed by atoms with Gasteiger partial charge in [-0.15, -0.1) is 0 Å². The molecule has 1 N–H and O–H groups in total. The van der Waals surface area contributed by atoms with Crippen LogP contribution in [-0.2, 0) is 0 Å². The van der Waals surface area contributed by atoms with Crippen molar-refractivity contribution in [3.05, 3.63) is 52.5 Å². The highest BCUT2D eigenvalue weighted by atomic mass is 19.2. The van der Waals surface area contributed by atoms with E-state index in [9.17, 15) is 8.78 Å². The predicted octanol–water partition coefficient (Wildman–Crippen LogP) is 4.22. The number of furan rings is 1. The van der Waals surface area contributed by atoms with Crippen LogP contribution in [0.5, 0.6) is 0 Å². The van der Waals surface area contributed by atoms with Crippen molar-refractivity contribution in [2.24, 2.45) is 0 Å². The minimum Gasteiger partial charge on any atom is -0.466 e. The smallest absolute Gasteiger partial charge is 0.183 e. The van der Waals surface area contributed by atoms with E-state index in [-0.39, 0.29) is 17.3 Å². The van der Waals surface area contributed by atoms with Crippen LogP contribution in [0.25, 0.3) is 0 Å². The van der Waals surface area contributed by atoms with E-state index < -0.39 is 11.6 Å². The van der Waals surface area contributed by atoms with E-state index in [1.54, 1.807) is 6.07 Å². The fourth-order valence-corrected chi connectivity index (χ4v) is 2.14. The van der Waals surface area contributed by atoms with Crippen molar-refractivity contribution >= 4 is 5.69 Å². The third-order valence-corrected chi connectivity index (χ3v) is 3.12. The number of hydrogen-bond donors (Lipinski definition) is 1. The van der Waals surface area contributed by atoms with Crippen molar-refractivity contribution in [2.75, 3.05) is 5.32 Å². The Morgan fingerprint density at radius 1 is 1.25 bits per heavy atom. The second kappa shape index (κ2) is 5.33. The third-order valence-electron chi connectivity index (χ3n) is 3.12. The molecule has 1 atom stereocenters. The maximum Gasteiger partial charge on any atom is 0.183 e. The Hall–Kier alpha value is -2.35. The summed E-state index contributed by atoms with van der Waals surface area (Å²) in [4.78, 5) is 0. The zero-order valence-electron chi connectivity index (χ0n) is 11.4. The monoisotopic (exact) mass is 276 g/mol. The number of benzene rings is 1. The maximum absolute atomic E-state index is 13.8. The normalized spacial score (nSPS) is 12.0. The van der Waals surface area contributed by atoms with Gasteiger partial charge in [-0.25, -0.2) is 8.78 Å². The highest BCUT2D eigenvalue weighted by Crippen LogP contribution is 2.27. The summed E-state index contributed by atoms with van der Waals surface area (Å²) in [6.45, 7) is 5.47. The first-order valence-electron chi connectivity index (χ1n) is 6.15. The molecule has 0 bridgehead atoms. The van der Waals surface area contributed by atoms with Crippen LogP contribution in [0.4, 0.5) is 14.5 Å². The lowest BCUT2D eigenvalue weighted by atomic mass is 10.1. The summed E-state index contributed by atoms with van der Waals surface area (Å²) in [5.74, 6) is -0.687. The lowest BCUT2D eigenvalue weighted by molar-refractivity contribution is 0.498. The highest BCUT2D eigenvalue weighted by molar-refractivity contribution is 5.51. The maximum atomic E-state index is 13.8. The lowest BCUT2D eigenvalue weighted by Gasteiger charge is -2.15. The zero-order chi connectivity index (χ0) is 14.9. The molecule has 0 amide bonds. The predicted molar refractivity (Wildman–Crippen MR) is 71.3 cm³/mol. The quantitative estimate of drug-likeness (QED) is 0.913. The van der Waals surface area contributed by atoms with E-state index in [0.29, 0.717) is 0 Å². The van der Waals surface area contributed by atoms with Crippen molar-refractivity contribution < 1.29 is 13.2 Å². The highest BCUT2D eigenvalue weighted by Gasteiger charge is 2.17. The topological polar surface area (TPSA) is 49.0 Å². The van der Waals surface area contributed by atoms with Gasteiger partial charge in [0.05, 0.1) is 17.3 Å². The number of rotatable bonds is 3. The summed E-state index contributed by atoms with van der Waals surface area (Å²) in [5, 5.41) is 11.5. The van der Waals surface area contributed by atoms with Gasteiger partial charge in [0.2, 0.25) is 0 Å². The molecule has 0 spiro atoms. The molecule has 20 heavy (non-hydrogen) atoms. The summed E-state index contributed by atoms with van der Waals surface area (Å²) >= 11 is 0. The van der Waals surface area contributed by atoms with Crippen LogP contribution in [0.2, 0.25) is 0 Å². The molecule has 0 aliphatic carbocycles. The Morgan fingerprint density at radius 2 is 1.95 bits per heavy atom. The van der Waals surface area contributed by atoms with Gasteiger partial charge in [-0.05, 0) is 39.0 Å². The van der Waals surface area contributed by atoms with Crippen LogP contribution in [0.1, 0.15) is 35.6 Å². The average Bonchev–Trinajstić information content (AvgIpc) is 2.74. The molecule has 1 aromatic heterocycles. The van der Waals surface area contributed by atoms with Gasteiger partial charge in [-0.1, -0.05) is 0 Å². The van der Waals surface area contributed by atoms with Crippen molar-refractivity contribution in [3.63, 3.8) is 0 Å². The SMILES string of the molecule is Cc1cc(C(C)Nc2ccc(C#N)c(F)c2F)c(C)o1.